The Morgan fingerprint density at radius 2 is 1.74 bits per heavy atom. The number of aliphatic imine (C=N–C) groups is 1. The molecule has 2 heterocycles. The van der Waals surface area contributed by atoms with Gasteiger partial charge in [-0.3, -0.25) is 10.2 Å². The van der Waals surface area contributed by atoms with Crippen molar-refractivity contribution >= 4 is 52.7 Å². The lowest BCUT2D eigenvalue weighted by atomic mass is 9.97. The zero-order valence-corrected chi connectivity index (χ0v) is 25.6. The molecule has 0 saturated carbocycles. The number of carbonyl (C=O) groups is 2. The number of nitrogens with zero attached hydrogens (tertiary/aromatic N) is 3. The van der Waals surface area contributed by atoms with Crippen LogP contribution in [0.3, 0.4) is 0 Å². The van der Waals surface area contributed by atoms with E-state index in [4.69, 9.17) is 38.7 Å². The van der Waals surface area contributed by atoms with Crippen LogP contribution in [0.1, 0.15) is 52.0 Å². The Balaban J connectivity index is 1.86. The van der Waals surface area contributed by atoms with Gasteiger partial charge in [-0.25, -0.2) is 19.2 Å². The molecule has 0 radical (unpaired) electrons. The zero-order chi connectivity index (χ0) is 30.4. The summed E-state index contributed by atoms with van der Waals surface area (Å²) in [5, 5.41) is 2.62. The average Bonchev–Trinajstić information content (AvgIpc) is 3.10. The first kappa shape index (κ1) is 31.5. The lowest BCUT2D eigenvalue weighted by Crippen LogP contribution is -2.47. The van der Waals surface area contributed by atoms with Crippen LogP contribution < -0.4 is 11.2 Å². The van der Waals surface area contributed by atoms with E-state index in [1.165, 1.54) is 12.1 Å². The van der Waals surface area contributed by atoms with Crippen molar-refractivity contribution in [1.82, 2.24) is 15.3 Å². The summed E-state index contributed by atoms with van der Waals surface area (Å²) in [4.78, 5) is 33.1. The second-order valence-corrected chi connectivity index (χ2v) is 12.2. The molecule has 2 aliphatic rings. The van der Waals surface area contributed by atoms with Gasteiger partial charge in [-0.15, -0.1) is 0 Å². The quantitative estimate of drug-likeness (QED) is 0.375. The van der Waals surface area contributed by atoms with Crippen LogP contribution in [-0.2, 0) is 9.53 Å². The van der Waals surface area contributed by atoms with E-state index < -0.39 is 17.6 Å². The van der Waals surface area contributed by atoms with E-state index in [2.05, 4.69) is 5.43 Å². The van der Waals surface area contributed by atoms with Crippen molar-refractivity contribution in [2.75, 3.05) is 26.2 Å². The minimum absolute atomic E-state index is 0.0135. The van der Waals surface area contributed by atoms with E-state index in [1.807, 2.05) is 5.01 Å². The highest BCUT2D eigenvalue weighted by molar-refractivity contribution is 6.36. The average molecular weight is 617 g/mol. The number of nitrogens with two attached hydrogens (primary N) is 1. The molecule has 3 N–H and O–H groups in total. The summed E-state index contributed by atoms with van der Waals surface area (Å²) in [6.45, 7) is 7.16. The molecular formula is C31H36Cl2FN5O3. The highest BCUT2D eigenvalue weighted by Crippen LogP contribution is 2.32. The second-order valence-electron chi connectivity index (χ2n) is 11.3. The van der Waals surface area contributed by atoms with Crippen molar-refractivity contribution in [3.8, 4) is 0 Å². The first-order chi connectivity index (χ1) is 19.9. The Labute approximate surface area is 256 Å². The molecule has 2 amide bonds. The van der Waals surface area contributed by atoms with Crippen molar-refractivity contribution in [2.24, 2.45) is 10.7 Å². The second kappa shape index (κ2) is 13.7. The standard InChI is InChI=1S/C31H36Cl2FN5O3/c1-31(2,3)42-30(41)38-16-13-24(27(35)29(40)37-39-14-5-4-6-15-39)28(36-26-12-9-22(32)18-25(26)33)21(19-38)17-20-7-10-23(34)11-8-20/h7-12,17-18H,4-6,13-16,19,35H2,1-3H3,(H,37,40)/b21-17+,27-24?,36-28?. The minimum atomic E-state index is -0.718. The Morgan fingerprint density at radius 1 is 1.05 bits per heavy atom. The molecule has 2 saturated heterocycles. The molecule has 0 bridgehead atoms. The summed E-state index contributed by atoms with van der Waals surface area (Å²) in [5.74, 6) is -0.830. The molecule has 0 spiro atoms. The van der Waals surface area contributed by atoms with E-state index in [0.29, 0.717) is 38.2 Å². The topological polar surface area (TPSA) is 100 Å². The molecule has 2 aliphatic heterocycles. The Bertz CT molecular complexity index is 1410. The number of amides is 2. The number of nitrogens with one attached hydrogen (secondary N) is 1. The summed E-state index contributed by atoms with van der Waals surface area (Å²) in [6.07, 6.45) is 4.57. The molecule has 2 aromatic carbocycles. The number of benzene rings is 2. The molecule has 0 unspecified atom stereocenters. The normalized spacial score (nSPS) is 19.9. The fourth-order valence-corrected chi connectivity index (χ4v) is 5.17. The summed E-state index contributed by atoms with van der Waals surface area (Å²) >= 11 is 12.6. The van der Waals surface area contributed by atoms with Gasteiger partial charge in [0.2, 0.25) is 0 Å². The van der Waals surface area contributed by atoms with Gasteiger partial charge < -0.3 is 15.4 Å². The van der Waals surface area contributed by atoms with Gasteiger partial charge in [-0.05, 0) is 87.6 Å². The van der Waals surface area contributed by atoms with Crippen LogP contribution in [0.5, 0.6) is 0 Å². The lowest BCUT2D eigenvalue weighted by molar-refractivity contribution is -0.122. The highest BCUT2D eigenvalue weighted by atomic mass is 35.5. The van der Waals surface area contributed by atoms with Crippen LogP contribution in [0, 0.1) is 5.82 Å². The molecule has 0 atom stereocenters. The predicted octanol–water partition coefficient (Wildman–Crippen LogP) is 6.66. The van der Waals surface area contributed by atoms with Crippen LogP contribution >= 0.6 is 23.2 Å². The number of hydrogen-bond donors (Lipinski definition) is 2. The fraction of sp³-hybridized carbons (Fsp3) is 0.387. The third kappa shape index (κ3) is 8.56. The fourth-order valence-electron chi connectivity index (χ4n) is 4.72. The third-order valence-corrected chi connectivity index (χ3v) is 7.31. The third-order valence-electron chi connectivity index (χ3n) is 6.77. The maximum Gasteiger partial charge on any atom is 0.410 e. The summed E-state index contributed by atoms with van der Waals surface area (Å²) in [7, 11) is 0. The number of likely N-dealkylation sites (tertiary alicyclic amines) is 1. The van der Waals surface area contributed by atoms with Crippen LogP contribution in [0.4, 0.5) is 14.9 Å². The van der Waals surface area contributed by atoms with Gasteiger partial charge in [-0.1, -0.05) is 41.8 Å². The van der Waals surface area contributed by atoms with Crippen LogP contribution in [-0.4, -0.2) is 59.4 Å². The van der Waals surface area contributed by atoms with Gasteiger partial charge in [0.05, 0.1) is 23.0 Å². The molecule has 8 nitrogen and oxygen atoms in total. The monoisotopic (exact) mass is 615 g/mol. The van der Waals surface area contributed by atoms with Crippen molar-refractivity contribution < 1.29 is 18.7 Å². The Kier molecular flexibility index (Phi) is 10.3. The number of hydrazine groups is 1. The summed E-state index contributed by atoms with van der Waals surface area (Å²) in [5.41, 5.74) is 11.3. The smallest absolute Gasteiger partial charge is 0.410 e. The zero-order valence-electron chi connectivity index (χ0n) is 24.1. The molecule has 2 aromatic rings. The van der Waals surface area contributed by atoms with Gasteiger partial charge in [0.15, 0.2) is 0 Å². The van der Waals surface area contributed by atoms with Gasteiger partial charge in [0.25, 0.3) is 5.91 Å². The van der Waals surface area contributed by atoms with Crippen LogP contribution in [0.2, 0.25) is 10.0 Å². The maximum absolute atomic E-state index is 13.7. The molecule has 42 heavy (non-hydrogen) atoms. The lowest BCUT2D eigenvalue weighted by Gasteiger charge is -2.27. The number of carbonyl (C=O) groups excluding carboxylic acids is 2. The summed E-state index contributed by atoms with van der Waals surface area (Å²) < 4.78 is 19.4. The number of piperidine rings is 1. The van der Waals surface area contributed by atoms with Crippen LogP contribution in [0.15, 0.2) is 64.3 Å². The molecule has 224 valence electrons. The van der Waals surface area contributed by atoms with E-state index in [9.17, 15) is 14.0 Å². The molecular weight excluding hydrogens is 580 g/mol. The van der Waals surface area contributed by atoms with E-state index in [-0.39, 0.29) is 31.0 Å². The Hall–Kier alpha value is -3.40. The molecule has 0 aliphatic carbocycles. The van der Waals surface area contributed by atoms with E-state index >= 15 is 0 Å². The number of ether oxygens (including phenoxy) is 1. The molecule has 4 rings (SSSR count). The van der Waals surface area contributed by atoms with Gasteiger partial charge >= 0.3 is 6.09 Å². The van der Waals surface area contributed by atoms with Gasteiger partial charge in [-0.2, -0.15) is 0 Å². The Morgan fingerprint density at radius 3 is 2.38 bits per heavy atom. The first-order valence-corrected chi connectivity index (χ1v) is 14.7. The SMILES string of the molecule is CC(C)(C)OC(=O)N1CCC(=C(N)C(=O)NN2CCCCC2)C(=Nc2ccc(Cl)cc2Cl)/C(=C/c2ccc(F)cc2)C1. The number of hydrogen-bond acceptors (Lipinski definition) is 6. The number of rotatable bonds is 4. The van der Waals surface area contributed by atoms with Crippen molar-refractivity contribution in [3.05, 3.63) is 80.7 Å². The van der Waals surface area contributed by atoms with E-state index in [1.54, 1.807) is 62.1 Å². The predicted molar refractivity (Wildman–Crippen MR) is 165 cm³/mol. The minimum Gasteiger partial charge on any atom is -0.444 e. The van der Waals surface area contributed by atoms with Crippen molar-refractivity contribution in [1.29, 1.82) is 0 Å². The number of halogens is 3. The molecule has 11 heteroatoms. The van der Waals surface area contributed by atoms with Gasteiger partial charge in [0.1, 0.15) is 17.1 Å². The highest BCUT2D eigenvalue weighted by Gasteiger charge is 2.31. The maximum atomic E-state index is 13.7. The van der Waals surface area contributed by atoms with E-state index in [0.717, 1.165) is 32.4 Å². The summed E-state index contributed by atoms with van der Waals surface area (Å²) in [6, 6.07) is 10.8. The first-order valence-electron chi connectivity index (χ1n) is 13.9. The van der Waals surface area contributed by atoms with Crippen molar-refractivity contribution in [2.45, 2.75) is 52.1 Å². The molecule has 0 aromatic heterocycles. The van der Waals surface area contributed by atoms with Gasteiger partial charge in [0, 0.05) is 30.2 Å². The molecule has 2 fully saturated rings. The van der Waals surface area contributed by atoms with Crippen LogP contribution in [0.25, 0.3) is 6.08 Å². The van der Waals surface area contributed by atoms with Crippen molar-refractivity contribution in [3.63, 3.8) is 0 Å². The largest absolute Gasteiger partial charge is 0.444 e.